The van der Waals surface area contributed by atoms with Crippen molar-refractivity contribution >= 4 is 5.97 Å². The molecule has 1 aromatic carbocycles. The molecule has 0 bridgehead atoms. The third-order valence-electron chi connectivity index (χ3n) is 2.86. The van der Waals surface area contributed by atoms with Gasteiger partial charge in [0.05, 0.1) is 11.7 Å². The van der Waals surface area contributed by atoms with Gasteiger partial charge in [0, 0.05) is 7.11 Å². The predicted octanol–water partition coefficient (Wildman–Crippen LogP) is 2.94. The van der Waals surface area contributed by atoms with Crippen LogP contribution in [0.4, 0.5) is 0 Å². The van der Waals surface area contributed by atoms with E-state index >= 15 is 0 Å². The first-order valence-corrected chi connectivity index (χ1v) is 6.48. The minimum absolute atomic E-state index is 0.149. The van der Waals surface area contributed by atoms with Gasteiger partial charge in [-0.3, -0.25) is 0 Å². The second-order valence-electron chi connectivity index (χ2n) is 4.43. The Balaban J connectivity index is 2.46. The van der Waals surface area contributed by atoms with Crippen LogP contribution in [0.2, 0.25) is 0 Å². The topological polar surface area (TPSA) is 44.8 Å². The zero-order valence-corrected chi connectivity index (χ0v) is 12.0. The average Bonchev–Trinajstić information content (AvgIpc) is 2.43. The van der Waals surface area contributed by atoms with Crippen LogP contribution in [0.15, 0.2) is 24.3 Å². The van der Waals surface area contributed by atoms with Gasteiger partial charge < -0.3 is 14.2 Å². The molecule has 0 aliphatic rings. The van der Waals surface area contributed by atoms with Crippen LogP contribution in [0, 0.1) is 6.92 Å². The molecule has 0 aliphatic heterocycles. The molecule has 0 saturated heterocycles. The zero-order chi connectivity index (χ0) is 14.3. The van der Waals surface area contributed by atoms with Crippen LogP contribution in [-0.4, -0.2) is 32.1 Å². The minimum Gasteiger partial charge on any atom is -0.459 e. The fourth-order valence-corrected chi connectivity index (χ4v) is 1.52. The van der Waals surface area contributed by atoms with E-state index in [1.165, 1.54) is 0 Å². The van der Waals surface area contributed by atoms with Crippen molar-refractivity contribution in [3.05, 3.63) is 35.4 Å². The van der Waals surface area contributed by atoms with Gasteiger partial charge in [0.25, 0.3) is 0 Å². The SMILES string of the molecule is CC[C@@H](COC(=O)c1ccc(C)cc1)OC(C)OC. The van der Waals surface area contributed by atoms with Crippen LogP contribution in [0.1, 0.15) is 36.2 Å². The van der Waals surface area contributed by atoms with Gasteiger partial charge in [0.15, 0.2) is 6.29 Å². The third-order valence-corrected chi connectivity index (χ3v) is 2.86. The second-order valence-corrected chi connectivity index (χ2v) is 4.43. The summed E-state index contributed by atoms with van der Waals surface area (Å²) in [4.78, 5) is 11.8. The molecular formula is C15H22O4. The normalized spacial score (nSPS) is 13.9. The second kappa shape index (κ2) is 7.92. The van der Waals surface area contributed by atoms with Gasteiger partial charge in [0.1, 0.15) is 6.61 Å². The predicted molar refractivity (Wildman–Crippen MR) is 73.1 cm³/mol. The molecule has 19 heavy (non-hydrogen) atoms. The molecular weight excluding hydrogens is 244 g/mol. The molecule has 0 aromatic heterocycles. The first-order chi connectivity index (χ1) is 9.06. The Labute approximate surface area is 114 Å². The van der Waals surface area contributed by atoms with Crippen LogP contribution in [-0.2, 0) is 14.2 Å². The number of aryl methyl sites for hydroxylation is 1. The van der Waals surface area contributed by atoms with E-state index in [4.69, 9.17) is 14.2 Å². The fourth-order valence-electron chi connectivity index (χ4n) is 1.52. The maximum absolute atomic E-state index is 11.8. The molecule has 0 N–H and O–H groups in total. The van der Waals surface area contributed by atoms with Crippen molar-refractivity contribution in [3.63, 3.8) is 0 Å². The Morgan fingerprint density at radius 2 is 1.89 bits per heavy atom. The molecule has 0 amide bonds. The van der Waals surface area contributed by atoms with Crippen LogP contribution in [0.5, 0.6) is 0 Å². The number of hydrogen-bond acceptors (Lipinski definition) is 4. The highest BCUT2D eigenvalue weighted by molar-refractivity contribution is 5.89. The van der Waals surface area contributed by atoms with Crippen LogP contribution < -0.4 is 0 Å². The maximum Gasteiger partial charge on any atom is 0.338 e. The van der Waals surface area contributed by atoms with E-state index < -0.39 is 0 Å². The van der Waals surface area contributed by atoms with Gasteiger partial charge in [-0.1, -0.05) is 24.6 Å². The Morgan fingerprint density at radius 1 is 1.26 bits per heavy atom. The van der Waals surface area contributed by atoms with E-state index in [0.29, 0.717) is 5.56 Å². The average molecular weight is 266 g/mol. The monoisotopic (exact) mass is 266 g/mol. The van der Waals surface area contributed by atoms with Gasteiger partial charge in [-0.15, -0.1) is 0 Å². The number of rotatable bonds is 7. The van der Waals surface area contributed by atoms with Crippen molar-refractivity contribution in [2.45, 2.75) is 39.6 Å². The highest BCUT2D eigenvalue weighted by Crippen LogP contribution is 2.08. The molecule has 0 heterocycles. The fraction of sp³-hybridized carbons (Fsp3) is 0.533. The zero-order valence-electron chi connectivity index (χ0n) is 12.0. The lowest BCUT2D eigenvalue weighted by molar-refractivity contribution is -0.154. The quantitative estimate of drug-likeness (QED) is 0.562. The molecule has 1 unspecified atom stereocenters. The highest BCUT2D eigenvalue weighted by atomic mass is 16.7. The Bertz CT molecular complexity index is 386. The number of ether oxygens (including phenoxy) is 3. The molecule has 1 aromatic rings. The lowest BCUT2D eigenvalue weighted by Gasteiger charge is -2.20. The molecule has 0 fully saturated rings. The number of methoxy groups -OCH3 is 1. The number of carbonyl (C=O) groups excluding carboxylic acids is 1. The van der Waals surface area contributed by atoms with Crippen molar-refractivity contribution in [1.29, 1.82) is 0 Å². The summed E-state index contributed by atoms with van der Waals surface area (Å²) < 4.78 is 15.8. The standard InChI is InChI=1S/C15H22O4/c1-5-14(19-12(3)17-4)10-18-15(16)13-8-6-11(2)7-9-13/h6-9,12,14H,5,10H2,1-4H3/t12?,14-/m0/s1. The molecule has 1 rings (SSSR count). The van der Waals surface area contributed by atoms with E-state index in [1.807, 2.05) is 32.9 Å². The smallest absolute Gasteiger partial charge is 0.338 e. The lowest BCUT2D eigenvalue weighted by Crippen LogP contribution is -2.26. The molecule has 106 valence electrons. The van der Waals surface area contributed by atoms with E-state index in [-0.39, 0.29) is 25.0 Å². The van der Waals surface area contributed by atoms with E-state index in [2.05, 4.69) is 0 Å². The summed E-state index contributed by atoms with van der Waals surface area (Å²) >= 11 is 0. The van der Waals surface area contributed by atoms with Gasteiger partial charge in [-0.05, 0) is 32.4 Å². The van der Waals surface area contributed by atoms with E-state index in [0.717, 1.165) is 12.0 Å². The summed E-state index contributed by atoms with van der Waals surface area (Å²) in [7, 11) is 1.58. The first kappa shape index (κ1) is 15.7. The molecule has 0 spiro atoms. The van der Waals surface area contributed by atoms with Crippen LogP contribution in [0.3, 0.4) is 0 Å². The maximum atomic E-state index is 11.8. The van der Waals surface area contributed by atoms with Gasteiger partial charge in [-0.25, -0.2) is 4.79 Å². The lowest BCUT2D eigenvalue weighted by atomic mass is 10.1. The molecule has 4 heteroatoms. The minimum atomic E-state index is -0.327. The van der Waals surface area contributed by atoms with Crippen LogP contribution >= 0.6 is 0 Å². The van der Waals surface area contributed by atoms with Crippen molar-refractivity contribution < 1.29 is 19.0 Å². The molecule has 0 radical (unpaired) electrons. The highest BCUT2D eigenvalue weighted by Gasteiger charge is 2.14. The number of hydrogen-bond donors (Lipinski definition) is 0. The first-order valence-electron chi connectivity index (χ1n) is 6.48. The Hall–Kier alpha value is -1.39. The summed E-state index contributed by atoms with van der Waals surface area (Å²) in [5.41, 5.74) is 1.67. The molecule has 0 saturated carbocycles. The van der Waals surface area contributed by atoms with Gasteiger partial charge in [0.2, 0.25) is 0 Å². The summed E-state index contributed by atoms with van der Waals surface area (Å²) in [5, 5.41) is 0. The van der Waals surface area contributed by atoms with Crippen molar-refractivity contribution in [2.24, 2.45) is 0 Å². The summed E-state index contributed by atoms with van der Waals surface area (Å²) in [6.45, 7) is 6.00. The largest absolute Gasteiger partial charge is 0.459 e. The number of carbonyl (C=O) groups is 1. The van der Waals surface area contributed by atoms with Crippen molar-refractivity contribution in [1.82, 2.24) is 0 Å². The summed E-state index contributed by atoms with van der Waals surface area (Å²) in [6, 6.07) is 7.29. The Kier molecular flexibility index (Phi) is 6.53. The number of esters is 1. The van der Waals surface area contributed by atoms with Crippen LogP contribution in [0.25, 0.3) is 0 Å². The van der Waals surface area contributed by atoms with Crippen molar-refractivity contribution in [2.75, 3.05) is 13.7 Å². The van der Waals surface area contributed by atoms with E-state index in [9.17, 15) is 4.79 Å². The third kappa shape index (κ3) is 5.41. The molecule has 4 nitrogen and oxygen atoms in total. The Morgan fingerprint density at radius 3 is 2.42 bits per heavy atom. The number of benzene rings is 1. The summed E-state index contributed by atoms with van der Waals surface area (Å²) in [6.07, 6.45) is 0.307. The van der Waals surface area contributed by atoms with E-state index in [1.54, 1.807) is 19.2 Å². The summed E-state index contributed by atoms with van der Waals surface area (Å²) in [5.74, 6) is -0.327. The van der Waals surface area contributed by atoms with Crippen molar-refractivity contribution in [3.8, 4) is 0 Å². The van der Waals surface area contributed by atoms with Gasteiger partial charge in [-0.2, -0.15) is 0 Å². The van der Waals surface area contributed by atoms with Gasteiger partial charge >= 0.3 is 5.97 Å². The molecule has 2 atom stereocenters. The molecule has 0 aliphatic carbocycles.